The molecule has 4 N–H and O–H groups in total. The first-order valence-electron chi connectivity index (χ1n) is 8.32. The number of nitrogens with one attached hydrogen (secondary N) is 3. The van der Waals surface area contributed by atoms with E-state index in [2.05, 4.69) is 10.6 Å². The third kappa shape index (κ3) is 8.13. The Labute approximate surface area is 155 Å². The summed E-state index contributed by atoms with van der Waals surface area (Å²) >= 11 is 0. The molecule has 152 valence electrons. The zero-order valence-corrected chi connectivity index (χ0v) is 17.2. The lowest BCUT2D eigenvalue weighted by Crippen LogP contribution is -2.57. The Kier molecular flexibility index (Phi) is 8.71. The molecule has 9 nitrogen and oxygen atoms in total. The molecule has 0 saturated carbocycles. The Morgan fingerprint density at radius 3 is 1.88 bits per heavy atom. The van der Waals surface area contributed by atoms with Crippen LogP contribution in [0.15, 0.2) is 0 Å². The summed E-state index contributed by atoms with van der Waals surface area (Å²) in [4.78, 5) is 36.5. The van der Waals surface area contributed by atoms with Gasteiger partial charge in [-0.2, -0.15) is 0 Å². The van der Waals surface area contributed by atoms with Gasteiger partial charge >= 0.3 is 5.97 Å². The first-order chi connectivity index (χ1) is 11.6. The molecule has 0 heterocycles. The number of sulfonamides is 1. The lowest BCUT2D eigenvalue weighted by Gasteiger charge is -2.32. The van der Waals surface area contributed by atoms with Gasteiger partial charge in [-0.25, -0.2) is 13.1 Å². The standard InChI is InChI=1S/C16H31N3O6S/c1-9(2)8-10(11(15(22)23)19-26(7,24)25)13(20)18-12(14(21)17-6)16(3,4)5/h9-12,19H,8H2,1-7H3,(H,17,21)(H,18,20)(H,22,23)/t10-,11+,12-/m1/s1. The lowest BCUT2D eigenvalue weighted by atomic mass is 9.84. The quantitative estimate of drug-likeness (QED) is 0.432. The summed E-state index contributed by atoms with van der Waals surface area (Å²) in [5, 5.41) is 14.5. The van der Waals surface area contributed by atoms with E-state index in [1.165, 1.54) is 7.05 Å². The normalized spacial score (nSPS) is 15.8. The van der Waals surface area contributed by atoms with Crippen LogP contribution >= 0.6 is 0 Å². The molecule has 0 radical (unpaired) electrons. The molecule has 0 aliphatic heterocycles. The van der Waals surface area contributed by atoms with Crippen LogP contribution < -0.4 is 15.4 Å². The van der Waals surface area contributed by atoms with Crippen LogP contribution in [-0.2, 0) is 24.4 Å². The van der Waals surface area contributed by atoms with E-state index in [1.54, 1.807) is 34.6 Å². The average molecular weight is 394 g/mol. The number of aliphatic carboxylic acids is 1. The van der Waals surface area contributed by atoms with Crippen molar-refractivity contribution in [2.75, 3.05) is 13.3 Å². The van der Waals surface area contributed by atoms with Crippen molar-refractivity contribution in [3.63, 3.8) is 0 Å². The average Bonchev–Trinajstić information content (AvgIpc) is 2.44. The molecule has 0 aliphatic carbocycles. The van der Waals surface area contributed by atoms with Gasteiger partial charge in [0.05, 0.1) is 12.2 Å². The summed E-state index contributed by atoms with van der Waals surface area (Å²) in [6.07, 6.45) is 0.964. The first-order valence-corrected chi connectivity index (χ1v) is 10.2. The van der Waals surface area contributed by atoms with Crippen LogP contribution in [-0.4, -0.2) is 56.7 Å². The molecular formula is C16H31N3O6S. The van der Waals surface area contributed by atoms with Crippen molar-refractivity contribution in [1.29, 1.82) is 0 Å². The van der Waals surface area contributed by atoms with Crippen molar-refractivity contribution in [2.45, 2.75) is 53.1 Å². The number of hydrogen-bond acceptors (Lipinski definition) is 5. The van der Waals surface area contributed by atoms with Crippen LogP contribution in [0.4, 0.5) is 0 Å². The van der Waals surface area contributed by atoms with Crippen molar-refractivity contribution >= 4 is 27.8 Å². The predicted molar refractivity (Wildman–Crippen MR) is 97.8 cm³/mol. The van der Waals surface area contributed by atoms with Crippen LogP contribution in [0.1, 0.15) is 41.0 Å². The van der Waals surface area contributed by atoms with Crippen LogP contribution in [0.2, 0.25) is 0 Å². The number of rotatable bonds is 9. The predicted octanol–water partition coefficient (Wildman–Crippen LogP) is -0.0720. The second-order valence-corrected chi connectivity index (χ2v) is 9.64. The Morgan fingerprint density at radius 1 is 1.08 bits per heavy atom. The highest BCUT2D eigenvalue weighted by molar-refractivity contribution is 7.88. The van der Waals surface area contributed by atoms with E-state index in [0.29, 0.717) is 0 Å². The smallest absolute Gasteiger partial charge is 0.322 e. The molecule has 0 aromatic rings. The molecule has 0 aromatic carbocycles. The van der Waals surface area contributed by atoms with Crippen molar-refractivity contribution in [3.05, 3.63) is 0 Å². The van der Waals surface area contributed by atoms with Crippen molar-refractivity contribution in [3.8, 4) is 0 Å². The summed E-state index contributed by atoms with van der Waals surface area (Å²) in [5.41, 5.74) is -0.624. The van der Waals surface area contributed by atoms with Gasteiger partial charge in [0.2, 0.25) is 21.8 Å². The van der Waals surface area contributed by atoms with Crippen molar-refractivity contribution < 1.29 is 27.9 Å². The highest BCUT2D eigenvalue weighted by Crippen LogP contribution is 2.22. The van der Waals surface area contributed by atoms with E-state index < -0.39 is 51.2 Å². The molecule has 10 heteroatoms. The Morgan fingerprint density at radius 2 is 1.58 bits per heavy atom. The van der Waals surface area contributed by atoms with E-state index >= 15 is 0 Å². The van der Waals surface area contributed by atoms with Crippen LogP contribution in [0.25, 0.3) is 0 Å². The van der Waals surface area contributed by atoms with Gasteiger partial charge in [0.15, 0.2) is 0 Å². The van der Waals surface area contributed by atoms with E-state index in [-0.39, 0.29) is 12.3 Å². The summed E-state index contributed by atoms with van der Waals surface area (Å²) in [6.45, 7) is 8.86. The molecule has 0 spiro atoms. The fraction of sp³-hybridized carbons (Fsp3) is 0.812. The molecular weight excluding hydrogens is 362 g/mol. The second kappa shape index (κ2) is 9.31. The van der Waals surface area contributed by atoms with Gasteiger partial charge < -0.3 is 15.7 Å². The van der Waals surface area contributed by atoms with Gasteiger partial charge in [-0.3, -0.25) is 14.4 Å². The monoisotopic (exact) mass is 393 g/mol. The SMILES string of the molecule is CNC(=O)[C@@H](NC(=O)[C@H](CC(C)C)[C@H](NS(C)(=O)=O)C(=O)O)C(C)(C)C. The van der Waals surface area contributed by atoms with Crippen molar-refractivity contribution in [2.24, 2.45) is 17.3 Å². The molecule has 0 fully saturated rings. The molecule has 0 aromatic heterocycles. The Hall–Kier alpha value is -1.68. The third-order valence-corrected chi connectivity index (χ3v) is 4.41. The topological polar surface area (TPSA) is 142 Å². The van der Waals surface area contributed by atoms with Crippen LogP contribution in [0.3, 0.4) is 0 Å². The Bertz CT molecular complexity index is 624. The minimum Gasteiger partial charge on any atom is -0.480 e. The largest absolute Gasteiger partial charge is 0.480 e. The molecule has 0 unspecified atom stereocenters. The summed E-state index contributed by atoms with van der Waals surface area (Å²) in [7, 11) is -2.42. The van der Waals surface area contributed by atoms with Gasteiger partial charge in [-0.1, -0.05) is 34.6 Å². The zero-order valence-electron chi connectivity index (χ0n) is 16.4. The summed E-state index contributed by atoms with van der Waals surface area (Å²) in [5.74, 6) is -3.80. The minimum absolute atomic E-state index is 0.0675. The number of carbonyl (C=O) groups excluding carboxylic acids is 2. The number of hydrogen-bond donors (Lipinski definition) is 4. The molecule has 0 aliphatic rings. The molecule has 0 saturated heterocycles. The molecule has 0 bridgehead atoms. The van der Waals surface area contributed by atoms with Crippen molar-refractivity contribution in [1.82, 2.24) is 15.4 Å². The highest BCUT2D eigenvalue weighted by atomic mass is 32.2. The number of carbonyl (C=O) groups is 3. The lowest BCUT2D eigenvalue weighted by molar-refractivity contribution is -0.144. The zero-order chi connectivity index (χ0) is 20.9. The molecule has 26 heavy (non-hydrogen) atoms. The fourth-order valence-corrected chi connectivity index (χ4v) is 3.23. The fourth-order valence-electron chi connectivity index (χ4n) is 2.51. The van der Waals surface area contributed by atoms with Gasteiger partial charge in [0, 0.05) is 7.05 Å². The van der Waals surface area contributed by atoms with Crippen LogP contribution in [0, 0.1) is 17.3 Å². The minimum atomic E-state index is -3.85. The maximum absolute atomic E-state index is 12.8. The van der Waals surface area contributed by atoms with Gasteiger partial charge in [-0.15, -0.1) is 0 Å². The van der Waals surface area contributed by atoms with E-state index in [9.17, 15) is 27.9 Å². The van der Waals surface area contributed by atoms with Crippen LogP contribution in [0.5, 0.6) is 0 Å². The summed E-state index contributed by atoms with van der Waals surface area (Å²) in [6, 6.07) is -2.53. The second-order valence-electron chi connectivity index (χ2n) is 7.86. The first kappa shape index (κ1) is 24.3. The van der Waals surface area contributed by atoms with Gasteiger partial charge in [0.1, 0.15) is 12.1 Å². The van der Waals surface area contributed by atoms with Gasteiger partial charge in [-0.05, 0) is 17.8 Å². The number of carboxylic acids is 1. The van der Waals surface area contributed by atoms with E-state index in [1.807, 2.05) is 4.72 Å². The molecule has 3 atom stereocenters. The maximum atomic E-state index is 12.8. The number of carboxylic acid groups (broad SMARTS) is 1. The molecule has 0 rings (SSSR count). The third-order valence-electron chi connectivity index (χ3n) is 3.73. The Balaban J connectivity index is 5.79. The summed E-state index contributed by atoms with van der Waals surface area (Å²) < 4.78 is 25.1. The highest BCUT2D eigenvalue weighted by Gasteiger charge is 2.39. The number of amides is 2. The van der Waals surface area contributed by atoms with E-state index in [4.69, 9.17) is 0 Å². The number of likely N-dealkylation sites (N-methyl/N-ethyl adjacent to an activating group) is 1. The molecule has 2 amide bonds. The van der Waals surface area contributed by atoms with Gasteiger partial charge in [0.25, 0.3) is 0 Å². The van der Waals surface area contributed by atoms with E-state index in [0.717, 1.165) is 6.26 Å². The maximum Gasteiger partial charge on any atom is 0.322 e.